The molecule has 0 saturated heterocycles. The Bertz CT molecular complexity index is 1050. The zero-order valence-corrected chi connectivity index (χ0v) is 15.3. The second-order valence-corrected chi connectivity index (χ2v) is 7.28. The molecule has 0 bridgehead atoms. The van der Waals surface area contributed by atoms with Crippen molar-refractivity contribution < 1.29 is 4.79 Å². The number of halogens is 1. The molecule has 4 rings (SSSR count). The molecular formula is C19H12BrN3OS. The molecule has 0 atom stereocenters. The third-order valence-corrected chi connectivity index (χ3v) is 5.25. The van der Waals surface area contributed by atoms with E-state index in [0.717, 1.165) is 26.6 Å². The number of benzene rings is 2. The van der Waals surface area contributed by atoms with Crippen LogP contribution < -0.4 is 5.32 Å². The van der Waals surface area contributed by atoms with Crippen molar-refractivity contribution in [2.24, 2.45) is 4.99 Å². The van der Waals surface area contributed by atoms with Gasteiger partial charge in [0.2, 0.25) is 0 Å². The summed E-state index contributed by atoms with van der Waals surface area (Å²) in [6.07, 6.45) is 3.63. The summed E-state index contributed by atoms with van der Waals surface area (Å²) in [5.74, 6) is -0.231. The third kappa shape index (κ3) is 3.50. The van der Waals surface area contributed by atoms with Crippen LogP contribution in [0.15, 0.2) is 75.2 Å². The summed E-state index contributed by atoms with van der Waals surface area (Å²) in [5, 5.41) is 4.80. The van der Waals surface area contributed by atoms with E-state index in [1.807, 2.05) is 60.7 Å². The Hall–Kier alpha value is -2.44. The number of amides is 1. The minimum absolute atomic E-state index is 0.231. The number of hydrogen-bond acceptors (Lipinski definition) is 4. The number of pyridine rings is 1. The predicted molar refractivity (Wildman–Crippen MR) is 108 cm³/mol. The van der Waals surface area contributed by atoms with Crippen molar-refractivity contribution in [3.05, 3.63) is 75.7 Å². The molecule has 1 aromatic heterocycles. The van der Waals surface area contributed by atoms with Crippen LogP contribution in [0, 0.1) is 0 Å². The molecule has 1 amide bonds. The highest BCUT2D eigenvalue weighted by molar-refractivity contribution is 9.10. The fourth-order valence-corrected chi connectivity index (χ4v) is 3.69. The van der Waals surface area contributed by atoms with E-state index in [0.29, 0.717) is 10.1 Å². The van der Waals surface area contributed by atoms with Gasteiger partial charge in [0.15, 0.2) is 5.17 Å². The van der Waals surface area contributed by atoms with Gasteiger partial charge in [0.25, 0.3) is 5.91 Å². The van der Waals surface area contributed by atoms with Gasteiger partial charge >= 0.3 is 0 Å². The first kappa shape index (κ1) is 16.1. The van der Waals surface area contributed by atoms with Crippen LogP contribution in [-0.2, 0) is 4.79 Å². The molecule has 2 heterocycles. The summed E-state index contributed by atoms with van der Waals surface area (Å²) >= 11 is 4.81. The van der Waals surface area contributed by atoms with Crippen LogP contribution in [0.25, 0.3) is 17.0 Å². The molecule has 0 radical (unpaired) electrons. The highest BCUT2D eigenvalue weighted by Crippen LogP contribution is 2.31. The molecular weight excluding hydrogens is 398 g/mol. The summed E-state index contributed by atoms with van der Waals surface area (Å²) in [4.78, 5) is 21.2. The predicted octanol–water partition coefficient (Wildman–Crippen LogP) is 5.08. The summed E-state index contributed by atoms with van der Waals surface area (Å²) in [7, 11) is 0. The number of carbonyl (C=O) groups is 1. The lowest BCUT2D eigenvalue weighted by Crippen LogP contribution is -2.05. The molecule has 2 aromatic carbocycles. The second-order valence-electron chi connectivity index (χ2n) is 5.39. The lowest BCUT2D eigenvalue weighted by Gasteiger charge is -2.06. The Morgan fingerprint density at radius 3 is 2.84 bits per heavy atom. The Balaban J connectivity index is 1.56. The van der Waals surface area contributed by atoms with Crippen molar-refractivity contribution >= 4 is 61.4 Å². The van der Waals surface area contributed by atoms with Crippen molar-refractivity contribution in [3.8, 4) is 0 Å². The van der Waals surface area contributed by atoms with Crippen molar-refractivity contribution in [1.82, 2.24) is 4.98 Å². The molecule has 1 N–H and O–H groups in total. The van der Waals surface area contributed by atoms with E-state index in [2.05, 4.69) is 31.2 Å². The summed E-state index contributed by atoms with van der Waals surface area (Å²) in [6.45, 7) is 0. The molecule has 25 heavy (non-hydrogen) atoms. The van der Waals surface area contributed by atoms with Gasteiger partial charge in [0.05, 0.1) is 16.1 Å². The fourth-order valence-electron chi connectivity index (χ4n) is 2.48. The summed E-state index contributed by atoms with van der Waals surface area (Å²) in [6, 6.07) is 17.5. The highest BCUT2D eigenvalue weighted by Gasteiger charge is 2.22. The van der Waals surface area contributed by atoms with E-state index in [1.165, 1.54) is 11.8 Å². The number of aliphatic imine (C=N–C) groups is 1. The van der Waals surface area contributed by atoms with Gasteiger partial charge in [-0.2, -0.15) is 4.99 Å². The second kappa shape index (κ2) is 6.82. The number of nitrogens with zero attached hydrogens (tertiary/aromatic N) is 2. The lowest BCUT2D eigenvalue weighted by molar-refractivity contribution is -0.113. The fraction of sp³-hybridized carbons (Fsp3) is 0. The number of fused-ring (bicyclic) bond motifs is 1. The molecule has 122 valence electrons. The van der Waals surface area contributed by atoms with Gasteiger partial charge in [-0.15, -0.1) is 0 Å². The molecule has 0 spiro atoms. The zero-order valence-electron chi connectivity index (χ0n) is 12.9. The normalized spacial score (nSPS) is 15.6. The SMILES string of the molecule is O=C1N=C(Nc2ccccc2Br)SC1=Cc1ccc2ncccc2c1. The van der Waals surface area contributed by atoms with Crippen LogP contribution in [0.4, 0.5) is 5.69 Å². The number of aromatic nitrogens is 1. The number of carbonyl (C=O) groups excluding carboxylic acids is 1. The topological polar surface area (TPSA) is 54.4 Å². The molecule has 6 heteroatoms. The number of hydrogen-bond donors (Lipinski definition) is 1. The monoisotopic (exact) mass is 409 g/mol. The standard InChI is InChI=1S/C19H12BrN3OS/c20-14-5-1-2-6-16(14)22-19-23-18(24)17(25-19)11-12-7-8-15-13(10-12)4-3-9-21-15/h1-11H,(H,22,23,24). The van der Waals surface area contributed by atoms with E-state index < -0.39 is 0 Å². The van der Waals surface area contributed by atoms with Gasteiger partial charge in [-0.25, -0.2) is 0 Å². The van der Waals surface area contributed by atoms with Gasteiger partial charge in [-0.05, 0) is 69.7 Å². The molecule has 0 unspecified atom stereocenters. The molecule has 1 aliphatic rings. The van der Waals surface area contributed by atoms with Gasteiger partial charge in [-0.3, -0.25) is 9.78 Å². The van der Waals surface area contributed by atoms with E-state index in [-0.39, 0.29) is 5.91 Å². The average molecular weight is 410 g/mol. The first-order valence-corrected chi connectivity index (χ1v) is 9.19. The molecule has 4 nitrogen and oxygen atoms in total. The van der Waals surface area contributed by atoms with Crippen molar-refractivity contribution in [3.63, 3.8) is 0 Å². The number of anilines is 1. The van der Waals surface area contributed by atoms with E-state index in [4.69, 9.17) is 0 Å². The van der Waals surface area contributed by atoms with Crippen molar-refractivity contribution in [2.45, 2.75) is 0 Å². The van der Waals surface area contributed by atoms with Gasteiger partial charge < -0.3 is 5.32 Å². The van der Waals surface area contributed by atoms with Crippen molar-refractivity contribution in [2.75, 3.05) is 5.32 Å². The number of thioether (sulfide) groups is 1. The maximum Gasteiger partial charge on any atom is 0.286 e. The number of nitrogens with one attached hydrogen (secondary N) is 1. The largest absolute Gasteiger partial charge is 0.333 e. The molecule has 0 fully saturated rings. The molecule has 0 saturated carbocycles. The number of amidine groups is 1. The van der Waals surface area contributed by atoms with Gasteiger partial charge in [0.1, 0.15) is 0 Å². The minimum Gasteiger partial charge on any atom is -0.333 e. The Kier molecular flexibility index (Phi) is 4.38. The van der Waals surface area contributed by atoms with Gasteiger partial charge in [0, 0.05) is 16.1 Å². The summed E-state index contributed by atoms with van der Waals surface area (Å²) < 4.78 is 0.921. The maximum absolute atomic E-state index is 12.2. The quantitative estimate of drug-likeness (QED) is 0.599. The van der Waals surface area contributed by atoms with Crippen LogP contribution in [0.2, 0.25) is 0 Å². The zero-order chi connectivity index (χ0) is 17.2. The smallest absolute Gasteiger partial charge is 0.286 e. The van der Waals surface area contributed by atoms with Crippen LogP contribution in [0.5, 0.6) is 0 Å². The third-order valence-electron chi connectivity index (χ3n) is 3.66. The van der Waals surface area contributed by atoms with Crippen molar-refractivity contribution in [1.29, 1.82) is 0 Å². The summed E-state index contributed by atoms with van der Waals surface area (Å²) in [5.41, 5.74) is 2.76. The van der Waals surface area contributed by atoms with E-state index >= 15 is 0 Å². The maximum atomic E-state index is 12.2. The number of rotatable bonds is 2. The van der Waals surface area contributed by atoms with E-state index in [1.54, 1.807) is 6.20 Å². The first-order valence-electron chi connectivity index (χ1n) is 7.58. The first-order chi connectivity index (χ1) is 12.2. The Morgan fingerprint density at radius 2 is 1.96 bits per heavy atom. The molecule has 0 aliphatic carbocycles. The molecule has 1 aliphatic heterocycles. The Labute approximate surface area is 157 Å². The van der Waals surface area contributed by atoms with Crippen LogP contribution in [-0.4, -0.2) is 16.1 Å². The average Bonchev–Trinajstić information content (AvgIpc) is 2.96. The molecule has 3 aromatic rings. The Morgan fingerprint density at radius 1 is 1.08 bits per heavy atom. The van der Waals surface area contributed by atoms with Gasteiger partial charge in [-0.1, -0.05) is 24.3 Å². The van der Waals surface area contributed by atoms with E-state index in [9.17, 15) is 4.79 Å². The van der Waals surface area contributed by atoms with Crippen LogP contribution in [0.1, 0.15) is 5.56 Å². The highest BCUT2D eigenvalue weighted by atomic mass is 79.9. The number of para-hydroxylation sites is 1. The van der Waals surface area contributed by atoms with Crippen LogP contribution >= 0.6 is 27.7 Å². The van der Waals surface area contributed by atoms with Crippen LogP contribution in [0.3, 0.4) is 0 Å². The minimum atomic E-state index is -0.231. The lowest BCUT2D eigenvalue weighted by atomic mass is 10.1.